The lowest BCUT2D eigenvalue weighted by atomic mass is 9.93. The van der Waals surface area contributed by atoms with Crippen molar-refractivity contribution in [3.05, 3.63) is 59.7 Å². The van der Waals surface area contributed by atoms with Crippen LogP contribution in [0.2, 0.25) is 0 Å². The number of anilines is 1. The molecule has 0 amide bonds. The van der Waals surface area contributed by atoms with Gasteiger partial charge in [-0.25, -0.2) is 0 Å². The zero-order chi connectivity index (χ0) is 12.3. The fourth-order valence-corrected chi connectivity index (χ4v) is 1.91. The molecule has 0 radical (unpaired) electrons. The van der Waals surface area contributed by atoms with Crippen LogP contribution in [-0.2, 0) is 0 Å². The molecule has 88 valence electrons. The summed E-state index contributed by atoms with van der Waals surface area (Å²) in [5.41, 5.74) is 9.10. The second-order valence-corrected chi connectivity index (χ2v) is 4.16. The summed E-state index contributed by atoms with van der Waals surface area (Å²) in [5.74, 6) is 1.22. The Kier molecular flexibility index (Phi) is 3.33. The van der Waals surface area contributed by atoms with Gasteiger partial charge >= 0.3 is 0 Å². The van der Waals surface area contributed by atoms with Crippen LogP contribution >= 0.6 is 0 Å². The van der Waals surface area contributed by atoms with Crippen LogP contribution in [0.4, 0.5) is 5.69 Å². The van der Waals surface area contributed by atoms with Crippen molar-refractivity contribution in [2.75, 3.05) is 12.8 Å². The highest BCUT2D eigenvalue weighted by Crippen LogP contribution is 2.26. The third-order valence-corrected chi connectivity index (χ3v) is 3.03. The molecule has 0 aliphatic rings. The van der Waals surface area contributed by atoms with Crippen molar-refractivity contribution >= 4 is 5.69 Å². The maximum Gasteiger partial charge on any atom is 0.118 e. The van der Waals surface area contributed by atoms with Gasteiger partial charge in [-0.1, -0.05) is 31.2 Å². The highest BCUT2D eigenvalue weighted by atomic mass is 16.5. The zero-order valence-corrected chi connectivity index (χ0v) is 10.2. The fourth-order valence-electron chi connectivity index (χ4n) is 1.91. The molecule has 0 saturated heterocycles. The van der Waals surface area contributed by atoms with Crippen LogP contribution in [0, 0.1) is 0 Å². The van der Waals surface area contributed by atoms with Crippen LogP contribution in [0.5, 0.6) is 5.75 Å². The molecule has 0 aliphatic carbocycles. The Balaban J connectivity index is 2.27. The molecule has 2 rings (SSSR count). The Morgan fingerprint density at radius 2 is 1.71 bits per heavy atom. The second kappa shape index (κ2) is 4.91. The van der Waals surface area contributed by atoms with E-state index in [1.807, 2.05) is 30.3 Å². The summed E-state index contributed by atoms with van der Waals surface area (Å²) in [7, 11) is 1.68. The Labute approximate surface area is 102 Å². The normalized spacial score (nSPS) is 12.1. The Hall–Kier alpha value is -1.96. The van der Waals surface area contributed by atoms with Gasteiger partial charge in [0.1, 0.15) is 5.75 Å². The summed E-state index contributed by atoms with van der Waals surface area (Å²) in [5, 5.41) is 0. The molecule has 0 fully saturated rings. The Bertz CT molecular complexity index is 491. The van der Waals surface area contributed by atoms with E-state index in [0.717, 1.165) is 11.4 Å². The lowest BCUT2D eigenvalue weighted by Crippen LogP contribution is -1.97. The number of hydrogen-bond donors (Lipinski definition) is 1. The predicted octanol–water partition coefficient (Wildman–Crippen LogP) is 3.43. The molecular weight excluding hydrogens is 210 g/mol. The summed E-state index contributed by atoms with van der Waals surface area (Å²) in [6.45, 7) is 2.18. The molecular formula is C15H17NO. The average Bonchev–Trinajstić information content (AvgIpc) is 2.38. The van der Waals surface area contributed by atoms with Crippen LogP contribution < -0.4 is 10.5 Å². The lowest BCUT2D eigenvalue weighted by molar-refractivity contribution is 0.414. The SMILES string of the molecule is COc1ccc(C(C)c2cccc(N)c2)cc1. The van der Waals surface area contributed by atoms with E-state index in [0.29, 0.717) is 5.92 Å². The summed E-state index contributed by atoms with van der Waals surface area (Å²) in [6.07, 6.45) is 0. The van der Waals surface area contributed by atoms with E-state index in [2.05, 4.69) is 25.1 Å². The van der Waals surface area contributed by atoms with Crippen molar-refractivity contribution in [3.63, 3.8) is 0 Å². The first-order chi connectivity index (χ1) is 8.20. The number of ether oxygens (including phenoxy) is 1. The first-order valence-electron chi connectivity index (χ1n) is 5.70. The molecule has 2 nitrogen and oxygen atoms in total. The first kappa shape index (κ1) is 11.5. The van der Waals surface area contributed by atoms with Crippen LogP contribution in [0.25, 0.3) is 0 Å². The van der Waals surface area contributed by atoms with Gasteiger partial charge in [-0.2, -0.15) is 0 Å². The molecule has 2 aromatic carbocycles. The summed E-state index contributed by atoms with van der Waals surface area (Å²) >= 11 is 0. The fraction of sp³-hybridized carbons (Fsp3) is 0.200. The van der Waals surface area contributed by atoms with Gasteiger partial charge in [0.05, 0.1) is 7.11 Å². The molecule has 2 N–H and O–H groups in total. The summed E-state index contributed by atoms with van der Waals surface area (Å²) in [6, 6.07) is 16.2. The molecule has 2 heteroatoms. The van der Waals surface area contributed by atoms with E-state index < -0.39 is 0 Å². The number of rotatable bonds is 3. The van der Waals surface area contributed by atoms with Gasteiger partial charge in [0.2, 0.25) is 0 Å². The van der Waals surface area contributed by atoms with Crippen LogP contribution in [0.15, 0.2) is 48.5 Å². The zero-order valence-electron chi connectivity index (χ0n) is 10.2. The summed E-state index contributed by atoms with van der Waals surface area (Å²) in [4.78, 5) is 0. The topological polar surface area (TPSA) is 35.2 Å². The lowest BCUT2D eigenvalue weighted by Gasteiger charge is -2.13. The largest absolute Gasteiger partial charge is 0.497 e. The van der Waals surface area contributed by atoms with Crippen molar-refractivity contribution in [2.45, 2.75) is 12.8 Å². The highest BCUT2D eigenvalue weighted by Gasteiger charge is 2.08. The molecule has 0 spiro atoms. The van der Waals surface area contributed by atoms with Crippen molar-refractivity contribution in [3.8, 4) is 5.75 Å². The Morgan fingerprint density at radius 1 is 1.00 bits per heavy atom. The van der Waals surface area contributed by atoms with Gasteiger partial charge in [0, 0.05) is 11.6 Å². The highest BCUT2D eigenvalue weighted by molar-refractivity contribution is 5.44. The van der Waals surface area contributed by atoms with Gasteiger partial charge < -0.3 is 10.5 Å². The molecule has 0 saturated carbocycles. The Morgan fingerprint density at radius 3 is 2.29 bits per heavy atom. The van der Waals surface area contributed by atoms with Gasteiger partial charge in [-0.15, -0.1) is 0 Å². The quantitative estimate of drug-likeness (QED) is 0.815. The standard InChI is InChI=1S/C15H17NO/c1-11(13-4-3-5-14(16)10-13)12-6-8-15(17-2)9-7-12/h3-11H,16H2,1-2H3. The number of benzene rings is 2. The second-order valence-electron chi connectivity index (χ2n) is 4.16. The van der Waals surface area contributed by atoms with Crippen LogP contribution in [0.1, 0.15) is 24.0 Å². The van der Waals surface area contributed by atoms with Crippen LogP contribution in [0.3, 0.4) is 0 Å². The van der Waals surface area contributed by atoms with E-state index in [9.17, 15) is 0 Å². The van der Waals surface area contributed by atoms with Crippen molar-refractivity contribution in [1.29, 1.82) is 0 Å². The van der Waals surface area contributed by atoms with E-state index >= 15 is 0 Å². The monoisotopic (exact) mass is 227 g/mol. The van der Waals surface area contributed by atoms with Crippen molar-refractivity contribution in [1.82, 2.24) is 0 Å². The molecule has 17 heavy (non-hydrogen) atoms. The van der Waals surface area contributed by atoms with Crippen molar-refractivity contribution in [2.24, 2.45) is 0 Å². The van der Waals surface area contributed by atoms with Crippen molar-refractivity contribution < 1.29 is 4.74 Å². The molecule has 1 atom stereocenters. The molecule has 0 aliphatic heterocycles. The summed E-state index contributed by atoms with van der Waals surface area (Å²) < 4.78 is 5.15. The third kappa shape index (κ3) is 2.59. The van der Waals surface area contributed by atoms with E-state index in [1.165, 1.54) is 11.1 Å². The molecule has 0 bridgehead atoms. The molecule has 0 aromatic heterocycles. The average molecular weight is 227 g/mol. The smallest absolute Gasteiger partial charge is 0.118 e. The maximum absolute atomic E-state index is 5.80. The van der Waals surface area contributed by atoms with Gasteiger partial charge in [-0.05, 0) is 35.4 Å². The third-order valence-electron chi connectivity index (χ3n) is 3.03. The van der Waals surface area contributed by atoms with E-state index in [4.69, 9.17) is 10.5 Å². The molecule has 2 aromatic rings. The van der Waals surface area contributed by atoms with E-state index in [-0.39, 0.29) is 0 Å². The van der Waals surface area contributed by atoms with E-state index in [1.54, 1.807) is 7.11 Å². The van der Waals surface area contributed by atoms with Gasteiger partial charge in [0.15, 0.2) is 0 Å². The number of methoxy groups -OCH3 is 1. The minimum atomic E-state index is 0.337. The molecule has 1 unspecified atom stereocenters. The predicted molar refractivity (Wildman–Crippen MR) is 71.4 cm³/mol. The first-order valence-corrected chi connectivity index (χ1v) is 5.70. The van der Waals surface area contributed by atoms with Crippen LogP contribution in [-0.4, -0.2) is 7.11 Å². The van der Waals surface area contributed by atoms with Gasteiger partial charge in [0.25, 0.3) is 0 Å². The number of nitrogen functional groups attached to an aromatic ring is 1. The molecule has 0 heterocycles. The minimum Gasteiger partial charge on any atom is -0.497 e. The minimum absolute atomic E-state index is 0.337. The number of nitrogens with two attached hydrogens (primary N) is 1. The maximum atomic E-state index is 5.80. The number of hydrogen-bond acceptors (Lipinski definition) is 2. The van der Waals surface area contributed by atoms with Gasteiger partial charge in [-0.3, -0.25) is 0 Å².